The zero-order valence-electron chi connectivity index (χ0n) is 14.9. The first-order valence-electron chi connectivity index (χ1n) is 8.30. The van der Waals surface area contributed by atoms with Crippen LogP contribution >= 0.6 is 0 Å². The van der Waals surface area contributed by atoms with Gasteiger partial charge in [-0.25, -0.2) is 9.67 Å². The summed E-state index contributed by atoms with van der Waals surface area (Å²) in [5, 5.41) is 4.21. The molecule has 1 aliphatic heterocycles. The Morgan fingerprint density at radius 2 is 2.21 bits per heavy atom. The number of rotatable bonds is 5. The maximum absolute atomic E-state index is 6.09. The molecule has 24 heavy (non-hydrogen) atoms. The minimum atomic E-state index is -0.156. The Labute approximate surface area is 143 Å². The number of morpholine rings is 1. The zero-order valence-corrected chi connectivity index (χ0v) is 14.9. The Bertz CT molecular complexity index is 670. The summed E-state index contributed by atoms with van der Waals surface area (Å²) in [4.78, 5) is 6.46. The number of nitrogens with zero attached hydrogens (tertiary/aromatic N) is 4. The van der Waals surface area contributed by atoms with Gasteiger partial charge in [0.05, 0.1) is 24.0 Å². The fourth-order valence-electron chi connectivity index (χ4n) is 3.47. The molecule has 2 heterocycles. The number of aromatic nitrogens is 3. The van der Waals surface area contributed by atoms with Crippen LogP contribution in [0.1, 0.15) is 25.0 Å². The van der Waals surface area contributed by atoms with Gasteiger partial charge in [0.15, 0.2) is 0 Å². The lowest BCUT2D eigenvalue weighted by atomic mass is 10.0. The molecule has 3 rings (SSSR count). The highest BCUT2D eigenvalue weighted by molar-refractivity contribution is 5.41. The zero-order chi connectivity index (χ0) is 17.2. The number of hydrogen-bond acceptors (Lipinski definition) is 5. The van der Waals surface area contributed by atoms with Gasteiger partial charge in [0.2, 0.25) is 0 Å². The monoisotopic (exact) mass is 330 g/mol. The first-order chi connectivity index (χ1) is 11.5. The Balaban J connectivity index is 1.72. The van der Waals surface area contributed by atoms with Gasteiger partial charge in [0, 0.05) is 26.7 Å². The van der Waals surface area contributed by atoms with Crippen molar-refractivity contribution in [2.45, 2.75) is 39.0 Å². The molecule has 0 spiro atoms. The second kappa shape index (κ2) is 7.01. The third-order valence-corrected chi connectivity index (χ3v) is 4.24. The van der Waals surface area contributed by atoms with Crippen LogP contribution < -0.4 is 0 Å². The summed E-state index contributed by atoms with van der Waals surface area (Å²) in [6.07, 6.45) is 3.40. The molecule has 2 aromatic rings. The average Bonchev–Trinajstić information content (AvgIpc) is 3.00. The van der Waals surface area contributed by atoms with Crippen molar-refractivity contribution in [3.05, 3.63) is 42.0 Å². The fourth-order valence-corrected chi connectivity index (χ4v) is 3.47. The Kier molecular flexibility index (Phi) is 4.99. The predicted octanol–water partition coefficient (Wildman–Crippen LogP) is 2.20. The summed E-state index contributed by atoms with van der Waals surface area (Å²) < 4.78 is 13.2. The van der Waals surface area contributed by atoms with Gasteiger partial charge in [-0.3, -0.25) is 4.90 Å². The highest BCUT2D eigenvalue weighted by Gasteiger charge is 2.33. The Hall–Kier alpha value is -1.76. The van der Waals surface area contributed by atoms with Crippen molar-refractivity contribution in [1.29, 1.82) is 0 Å². The van der Waals surface area contributed by atoms with E-state index < -0.39 is 0 Å². The largest absolute Gasteiger partial charge is 0.382 e. The van der Waals surface area contributed by atoms with Crippen LogP contribution in [0, 0.1) is 6.92 Å². The van der Waals surface area contributed by atoms with Crippen molar-refractivity contribution >= 4 is 0 Å². The summed E-state index contributed by atoms with van der Waals surface area (Å²) in [6, 6.07) is 6.50. The number of benzene rings is 1. The summed E-state index contributed by atoms with van der Waals surface area (Å²) in [5.74, 6) is 0. The third kappa shape index (κ3) is 4.01. The van der Waals surface area contributed by atoms with Crippen molar-refractivity contribution in [2.75, 3.05) is 26.8 Å². The van der Waals surface area contributed by atoms with Crippen LogP contribution in [0.3, 0.4) is 0 Å². The van der Waals surface area contributed by atoms with Crippen LogP contribution in [-0.4, -0.2) is 58.2 Å². The molecule has 0 radical (unpaired) electrons. The second-order valence-electron chi connectivity index (χ2n) is 7.09. The van der Waals surface area contributed by atoms with Crippen LogP contribution in [0.5, 0.6) is 0 Å². The number of methoxy groups -OCH3 is 1. The number of hydrogen-bond donors (Lipinski definition) is 0. The number of ether oxygens (including phenoxy) is 2. The maximum atomic E-state index is 6.09. The Morgan fingerprint density at radius 3 is 2.88 bits per heavy atom. The first kappa shape index (κ1) is 17.1. The molecule has 1 fully saturated rings. The molecule has 6 nitrogen and oxygen atoms in total. The summed E-state index contributed by atoms with van der Waals surface area (Å²) in [7, 11) is 1.72. The van der Waals surface area contributed by atoms with Crippen LogP contribution in [0.4, 0.5) is 0 Å². The second-order valence-corrected chi connectivity index (χ2v) is 7.09. The van der Waals surface area contributed by atoms with Crippen molar-refractivity contribution in [1.82, 2.24) is 19.7 Å². The molecule has 1 aliphatic rings. The van der Waals surface area contributed by atoms with Crippen molar-refractivity contribution in [2.24, 2.45) is 0 Å². The van der Waals surface area contributed by atoms with Crippen molar-refractivity contribution in [3.8, 4) is 5.69 Å². The minimum Gasteiger partial charge on any atom is -0.382 e. The van der Waals surface area contributed by atoms with Gasteiger partial charge < -0.3 is 9.47 Å². The Morgan fingerprint density at radius 1 is 1.38 bits per heavy atom. The topological polar surface area (TPSA) is 52.4 Å². The van der Waals surface area contributed by atoms with Gasteiger partial charge in [0.1, 0.15) is 12.7 Å². The smallest absolute Gasteiger partial charge is 0.138 e. The molecule has 1 aromatic heterocycles. The van der Waals surface area contributed by atoms with Gasteiger partial charge in [-0.15, -0.1) is 0 Å². The lowest BCUT2D eigenvalue weighted by Crippen LogP contribution is -2.53. The van der Waals surface area contributed by atoms with Crippen LogP contribution in [0.15, 0.2) is 30.9 Å². The normalized spacial score (nSPS) is 21.1. The SMILES string of the molecule is COCC1CN(Cc2ccc(-n3cncn3)c(C)c2)CC(C)(C)O1. The molecule has 1 saturated heterocycles. The molecule has 0 N–H and O–H groups in total. The van der Waals surface area contributed by atoms with E-state index in [9.17, 15) is 0 Å². The number of aryl methyl sites for hydroxylation is 1. The molecule has 1 atom stereocenters. The van der Waals surface area contributed by atoms with E-state index in [0.717, 1.165) is 25.3 Å². The van der Waals surface area contributed by atoms with Crippen molar-refractivity contribution < 1.29 is 9.47 Å². The van der Waals surface area contributed by atoms with Crippen molar-refractivity contribution in [3.63, 3.8) is 0 Å². The van der Waals surface area contributed by atoms with Gasteiger partial charge in [-0.05, 0) is 38.0 Å². The quantitative estimate of drug-likeness (QED) is 0.841. The van der Waals surface area contributed by atoms with Gasteiger partial charge in [-0.2, -0.15) is 5.10 Å². The minimum absolute atomic E-state index is 0.120. The van der Waals surface area contributed by atoms with E-state index in [2.05, 4.69) is 54.0 Å². The first-order valence-corrected chi connectivity index (χ1v) is 8.30. The standard InChI is InChI=1S/C18H26N4O2/c1-14-7-15(5-6-17(14)22-13-19-12-20-22)8-21-9-16(10-23-4)24-18(2,3)11-21/h5-7,12-13,16H,8-11H2,1-4H3. The third-order valence-electron chi connectivity index (χ3n) is 4.24. The molecule has 0 bridgehead atoms. The van der Waals surface area contributed by atoms with Crippen LogP contribution in [-0.2, 0) is 16.0 Å². The fraction of sp³-hybridized carbons (Fsp3) is 0.556. The maximum Gasteiger partial charge on any atom is 0.138 e. The van der Waals surface area contributed by atoms with E-state index in [1.165, 1.54) is 11.1 Å². The molecule has 1 unspecified atom stereocenters. The van der Waals surface area contributed by atoms with Crippen LogP contribution in [0.2, 0.25) is 0 Å². The lowest BCUT2D eigenvalue weighted by Gasteiger charge is -2.42. The summed E-state index contributed by atoms with van der Waals surface area (Å²) >= 11 is 0. The van der Waals surface area contributed by atoms with Gasteiger partial charge in [-0.1, -0.05) is 12.1 Å². The van der Waals surface area contributed by atoms with Gasteiger partial charge in [0.25, 0.3) is 0 Å². The van der Waals surface area contributed by atoms with Crippen LogP contribution in [0.25, 0.3) is 5.69 Å². The van der Waals surface area contributed by atoms with E-state index >= 15 is 0 Å². The summed E-state index contributed by atoms with van der Waals surface area (Å²) in [6.45, 7) is 9.73. The van der Waals surface area contributed by atoms with E-state index in [1.807, 2.05) is 0 Å². The van der Waals surface area contributed by atoms with E-state index in [4.69, 9.17) is 9.47 Å². The molecular formula is C18H26N4O2. The lowest BCUT2D eigenvalue weighted by molar-refractivity contribution is -0.154. The van der Waals surface area contributed by atoms with Gasteiger partial charge >= 0.3 is 0 Å². The molecule has 0 aliphatic carbocycles. The van der Waals surface area contributed by atoms with E-state index in [-0.39, 0.29) is 11.7 Å². The molecule has 0 saturated carbocycles. The van der Waals surface area contributed by atoms with E-state index in [0.29, 0.717) is 6.61 Å². The highest BCUT2D eigenvalue weighted by Crippen LogP contribution is 2.23. The molecule has 6 heteroatoms. The highest BCUT2D eigenvalue weighted by atomic mass is 16.5. The van der Waals surface area contributed by atoms with E-state index in [1.54, 1.807) is 24.4 Å². The average molecular weight is 330 g/mol. The summed E-state index contributed by atoms with van der Waals surface area (Å²) in [5.41, 5.74) is 3.40. The molecule has 1 aromatic carbocycles. The molecule has 0 amide bonds. The molecule has 130 valence electrons. The molecular weight excluding hydrogens is 304 g/mol. The predicted molar refractivity (Wildman–Crippen MR) is 92.2 cm³/mol.